The van der Waals surface area contributed by atoms with Crippen molar-refractivity contribution in [1.82, 2.24) is 0 Å². The van der Waals surface area contributed by atoms with E-state index in [2.05, 4.69) is 0 Å². The summed E-state index contributed by atoms with van der Waals surface area (Å²) in [6, 6.07) is 5.09. The second kappa shape index (κ2) is 5.17. The fourth-order valence-electron chi connectivity index (χ4n) is 1.76. The minimum absolute atomic E-state index is 0.0530. The second-order valence-electron chi connectivity index (χ2n) is 3.82. The van der Waals surface area contributed by atoms with Crippen LogP contribution in [0.4, 0.5) is 5.69 Å². The number of nitrogens with two attached hydrogens (primary N) is 1. The topological polar surface area (TPSA) is 52.3 Å². The molecule has 2 unspecified atom stereocenters. The summed E-state index contributed by atoms with van der Waals surface area (Å²) in [6.45, 7) is 1.32. The van der Waals surface area contributed by atoms with E-state index in [0.29, 0.717) is 22.2 Å². The minimum atomic E-state index is -1.10. The molecule has 2 N–H and O–H groups in total. The van der Waals surface area contributed by atoms with Crippen LogP contribution in [0.2, 0.25) is 5.02 Å². The molecule has 0 radical (unpaired) electrons. The molecule has 88 valence electrons. The molecule has 1 fully saturated rings. The summed E-state index contributed by atoms with van der Waals surface area (Å²) in [5, 5.41) is 0.621. The fourth-order valence-corrected chi connectivity index (χ4v) is 3.40. The molecule has 1 aliphatic rings. The van der Waals surface area contributed by atoms with Crippen molar-refractivity contribution in [2.45, 2.75) is 23.0 Å². The van der Waals surface area contributed by atoms with Crippen molar-refractivity contribution >= 4 is 28.1 Å². The van der Waals surface area contributed by atoms with Gasteiger partial charge >= 0.3 is 0 Å². The molecule has 2 rings (SSSR count). The summed E-state index contributed by atoms with van der Waals surface area (Å²) in [4.78, 5) is 0.667. The number of benzene rings is 1. The maximum Gasteiger partial charge on any atom is 0.0630 e. The van der Waals surface area contributed by atoms with Crippen molar-refractivity contribution in [3.05, 3.63) is 23.2 Å². The summed E-state index contributed by atoms with van der Waals surface area (Å²) < 4.78 is 17.6. The minimum Gasteiger partial charge on any atom is -0.398 e. The first-order chi connectivity index (χ1) is 7.68. The number of halogens is 1. The Bertz CT molecular complexity index is 405. The fraction of sp³-hybridized carbons (Fsp3) is 0.455. The molecule has 1 aliphatic heterocycles. The molecule has 1 aromatic carbocycles. The summed E-state index contributed by atoms with van der Waals surface area (Å²) in [5.74, 6) is 0. The maximum atomic E-state index is 12.2. The highest BCUT2D eigenvalue weighted by atomic mass is 35.5. The molecular weight excluding hydrogens is 246 g/mol. The zero-order valence-electron chi connectivity index (χ0n) is 8.82. The first kappa shape index (κ1) is 11.9. The SMILES string of the molecule is Nc1cc(Cl)ccc1S(=O)C1CCCOC1. The largest absolute Gasteiger partial charge is 0.398 e. The van der Waals surface area contributed by atoms with E-state index in [1.54, 1.807) is 18.2 Å². The number of ether oxygens (including phenoxy) is 1. The molecule has 0 aliphatic carbocycles. The van der Waals surface area contributed by atoms with Crippen LogP contribution >= 0.6 is 11.6 Å². The van der Waals surface area contributed by atoms with E-state index >= 15 is 0 Å². The van der Waals surface area contributed by atoms with Crippen molar-refractivity contribution in [3.8, 4) is 0 Å². The van der Waals surface area contributed by atoms with Crippen molar-refractivity contribution in [2.24, 2.45) is 0 Å². The van der Waals surface area contributed by atoms with Crippen LogP contribution in [0.1, 0.15) is 12.8 Å². The Morgan fingerprint density at radius 2 is 2.31 bits per heavy atom. The van der Waals surface area contributed by atoms with Gasteiger partial charge in [-0.3, -0.25) is 4.21 Å². The van der Waals surface area contributed by atoms with Crippen LogP contribution in [0.15, 0.2) is 23.1 Å². The molecule has 3 nitrogen and oxygen atoms in total. The Balaban J connectivity index is 2.19. The van der Waals surface area contributed by atoms with E-state index in [1.807, 2.05) is 0 Å². The zero-order valence-corrected chi connectivity index (χ0v) is 10.4. The van der Waals surface area contributed by atoms with E-state index in [9.17, 15) is 4.21 Å². The Morgan fingerprint density at radius 1 is 1.50 bits per heavy atom. The van der Waals surface area contributed by atoms with Gasteiger partial charge in [0.05, 0.1) is 27.6 Å². The van der Waals surface area contributed by atoms with Crippen molar-refractivity contribution in [2.75, 3.05) is 18.9 Å². The quantitative estimate of drug-likeness (QED) is 0.829. The van der Waals surface area contributed by atoms with E-state index in [4.69, 9.17) is 22.1 Å². The highest BCUT2D eigenvalue weighted by molar-refractivity contribution is 7.85. The number of anilines is 1. The Kier molecular flexibility index (Phi) is 3.84. The first-order valence-corrected chi connectivity index (χ1v) is 6.81. The maximum absolute atomic E-state index is 12.2. The summed E-state index contributed by atoms with van der Waals surface area (Å²) >= 11 is 5.80. The molecule has 2 atom stereocenters. The van der Waals surface area contributed by atoms with Gasteiger partial charge in [0.25, 0.3) is 0 Å². The molecule has 0 aromatic heterocycles. The van der Waals surface area contributed by atoms with Crippen LogP contribution in [-0.2, 0) is 15.5 Å². The number of hydrogen-bond acceptors (Lipinski definition) is 3. The summed E-state index contributed by atoms with van der Waals surface area (Å²) in [6.07, 6.45) is 1.89. The van der Waals surface area contributed by atoms with Gasteiger partial charge in [0.15, 0.2) is 0 Å². The average molecular weight is 260 g/mol. The molecule has 0 spiro atoms. The van der Waals surface area contributed by atoms with Gasteiger partial charge in [-0.15, -0.1) is 0 Å². The van der Waals surface area contributed by atoms with E-state index in [1.165, 1.54) is 0 Å². The third-order valence-electron chi connectivity index (χ3n) is 2.61. The highest BCUT2D eigenvalue weighted by Gasteiger charge is 2.23. The van der Waals surface area contributed by atoms with Crippen molar-refractivity contribution in [1.29, 1.82) is 0 Å². The summed E-state index contributed by atoms with van der Waals surface area (Å²) in [7, 11) is -1.10. The Hall–Kier alpha value is -0.580. The highest BCUT2D eigenvalue weighted by Crippen LogP contribution is 2.25. The predicted molar refractivity (Wildman–Crippen MR) is 66.1 cm³/mol. The van der Waals surface area contributed by atoms with Crippen LogP contribution in [0.3, 0.4) is 0 Å². The van der Waals surface area contributed by atoms with E-state index in [-0.39, 0.29) is 5.25 Å². The Morgan fingerprint density at radius 3 is 2.94 bits per heavy atom. The average Bonchev–Trinajstić information content (AvgIpc) is 2.29. The third kappa shape index (κ3) is 2.56. The molecular formula is C11H14ClNO2S. The predicted octanol–water partition coefficient (Wildman–Crippen LogP) is 2.21. The van der Waals surface area contributed by atoms with Gasteiger partial charge in [-0.2, -0.15) is 0 Å². The third-order valence-corrected chi connectivity index (χ3v) is 4.63. The van der Waals surface area contributed by atoms with Crippen LogP contribution < -0.4 is 5.73 Å². The molecule has 0 amide bonds. The zero-order chi connectivity index (χ0) is 11.5. The smallest absolute Gasteiger partial charge is 0.0630 e. The van der Waals surface area contributed by atoms with Crippen LogP contribution in [-0.4, -0.2) is 22.7 Å². The van der Waals surface area contributed by atoms with Crippen LogP contribution in [0, 0.1) is 0 Å². The molecule has 16 heavy (non-hydrogen) atoms. The lowest BCUT2D eigenvalue weighted by atomic mass is 10.2. The molecule has 1 aromatic rings. The van der Waals surface area contributed by atoms with Gasteiger partial charge in [0, 0.05) is 17.3 Å². The van der Waals surface area contributed by atoms with Gasteiger partial charge in [0.2, 0.25) is 0 Å². The van der Waals surface area contributed by atoms with Crippen LogP contribution in [0.25, 0.3) is 0 Å². The van der Waals surface area contributed by atoms with E-state index < -0.39 is 10.8 Å². The standard InChI is InChI=1S/C11H14ClNO2S/c12-8-3-4-11(10(13)6-8)16(14)9-2-1-5-15-7-9/h3-4,6,9H,1-2,5,7,13H2. The summed E-state index contributed by atoms with van der Waals surface area (Å²) in [5.41, 5.74) is 6.31. The second-order valence-corrected chi connectivity index (χ2v) is 5.96. The van der Waals surface area contributed by atoms with Gasteiger partial charge in [-0.1, -0.05) is 11.6 Å². The molecule has 1 saturated heterocycles. The lowest BCUT2D eigenvalue weighted by Gasteiger charge is -2.22. The number of nitrogen functional groups attached to an aromatic ring is 1. The van der Waals surface area contributed by atoms with Gasteiger partial charge in [-0.05, 0) is 31.0 Å². The monoisotopic (exact) mass is 259 g/mol. The molecule has 0 saturated carbocycles. The lowest BCUT2D eigenvalue weighted by molar-refractivity contribution is 0.100. The normalized spacial score (nSPS) is 22.9. The molecule has 5 heteroatoms. The van der Waals surface area contributed by atoms with Crippen molar-refractivity contribution < 1.29 is 8.95 Å². The van der Waals surface area contributed by atoms with Gasteiger partial charge in [-0.25, -0.2) is 0 Å². The van der Waals surface area contributed by atoms with Crippen LogP contribution in [0.5, 0.6) is 0 Å². The molecule has 0 bridgehead atoms. The first-order valence-electron chi connectivity index (χ1n) is 5.22. The van der Waals surface area contributed by atoms with Gasteiger partial charge < -0.3 is 10.5 Å². The lowest BCUT2D eigenvalue weighted by Crippen LogP contribution is -2.27. The van der Waals surface area contributed by atoms with Gasteiger partial charge in [0.1, 0.15) is 0 Å². The number of hydrogen-bond donors (Lipinski definition) is 1. The van der Waals surface area contributed by atoms with E-state index in [0.717, 1.165) is 19.4 Å². The van der Waals surface area contributed by atoms with Crippen molar-refractivity contribution in [3.63, 3.8) is 0 Å². The number of rotatable bonds is 2. The molecule has 1 heterocycles. The Labute approximate surface area is 102 Å².